The molecule has 3 aromatic rings. The predicted octanol–water partition coefficient (Wildman–Crippen LogP) is 4.85. The first-order valence-corrected chi connectivity index (χ1v) is 7.42. The molecule has 2 nitrogen and oxygen atoms in total. The molecular weight excluding hydrogens is 303 g/mol. The molecule has 21 heavy (non-hydrogen) atoms. The average Bonchev–Trinajstić information content (AvgIpc) is 2.50. The summed E-state index contributed by atoms with van der Waals surface area (Å²) in [6, 6.07) is 16.2. The monoisotopic (exact) mass is 316 g/mol. The quantitative estimate of drug-likeness (QED) is 0.747. The predicted molar refractivity (Wildman–Crippen MR) is 89.1 cm³/mol. The molecule has 1 aromatic heterocycles. The van der Waals surface area contributed by atoms with Gasteiger partial charge in [0.2, 0.25) is 0 Å². The fraction of sp³-hybridized carbons (Fsp3) is 0.118. The van der Waals surface area contributed by atoms with Crippen molar-refractivity contribution in [2.24, 2.45) is 0 Å². The highest BCUT2D eigenvalue weighted by Crippen LogP contribution is 2.32. The van der Waals surface area contributed by atoms with E-state index in [0.29, 0.717) is 10.0 Å². The lowest BCUT2D eigenvalue weighted by Crippen LogP contribution is -2.19. The number of hydrogen-bond donors (Lipinski definition) is 1. The second-order valence-electron chi connectivity index (χ2n) is 4.81. The second-order valence-corrected chi connectivity index (χ2v) is 5.65. The second kappa shape index (κ2) is 6.02. The molecule has 0 fully saturated rings. The van der Waals surface area contributed by atoms with E-state index in [1.54, 1.807) is 12.3 Å². The maximum atomic E-state index is 6.32. The minimum Gasteiger partial charge on any atom is -0.308 e. The number of halogens is 2. The Kier molecular flexibility index (Phi) is 4.11. The van der Waals surface area contributed by atoms with Gasteiger partial charge < -0.3 is 5.32 Å². The van der Waals surface area contributed by atoms with Crippen molar-refractivity contribution >= 4 is 34.0 Å². The molecule has 0 aliphatic heterocycles. The summed E-state index contributed by atoms with van der Waals surface area (Å²) in [7, 11) is 1.90. The van der Waals surface area contributed by atoms with E-state index in [1.807, 2.05) is 25.2 Å². The van der Waals surface area contributed by atoms with Crippen LogP contribution in [0.1, 0.15) is 17.3 Å². The Morgan fingerprint density at radius 2 is 1.81 bits per heavy atom. The summed E-state index contributed by atoms with van der Waals surface area (Å²) >= 11 is 12.3. The summed E-state index contributed by atoms with van der Waals surface area (Å²) in [4.78, 5) is 4.41. The first-order chi connectivity index (χ1) is 10.2. The zero-order valence-corrected chi connectivity index (χ0v) is 13.0. The summed E-state index contributed by atoms with van der Waals surface area (Å²) in [5, 5.41) is 6.78. The van der Waals surface area contributed by atoms with E-state index in [-0.39, 0.29) is 6.04 Å². The lowest BCUT2D eigenvalue weighted by molar-refractivity contribution is 0.676. The van der Waals surface area contributed by atoms with Crippen LogP contribution in [0.2, 0.25) is 10.0 Å². The van der Waals surface area contributed by atoms with Crippen LogP contribution in [0.15, 0.2) is 54.7 Å². The molecule has 1 heterocycles. The van der Waals surface area contributed by atoms with Gasteiger partial charge >= 0.3 is 0 Å². The highest BCUT2D eigenvalue weighted by atomic mass is 35.5. The van der Waals surface area contributed by atoms with Crippen LogP contribution in [0.25, 0.3) is 10.8 Å². The average molecular weight is 317 g/mol. The van der Waals surface area contributed by atoms with E-state index in [4.69, 9.17) is 23.2 Å². The van der Waals surface area contributed by atoms with Crippen LogP contribution in [0, 0.1) is 0 Å². The zero-order chi connectivity index (χ0) is 14.8. The van der Waals surface area contributed by atoms with Crippen LogP contribution in [-0.2, 0) is 0 Å². The molecule has 0 bridgehead atoms. The van der Waals surface area contributed by atoms with Gasteiger partial charge in [-0.1, -0.05) is 65.7 Å². The fourth-order valence-electron chi connectivity index (χ4n) is 2.58. The molecule has 3 rings (SSSR count). The van der Waals surface area contributed by atoms with E-state index in [2.05, 4.69) is 34.6 Å². The number of aromatic nitrogens is 1. The molecule has 2 aromatic carbocycles. The van der Waals surface area contributed by atoms with Crippen molar-refractivity contribution in [1.82, 2.24) is 10.3 Å². The lowest BCUT2D eigenvalue weighted by atomic mass is 9.96. The third-order valence-electron chi connectivity index (χ3n) is 3.53. The SMILES string of the molecule is CNC(c1ncc(Cl)cc1Cl)c1cccc2ccccc12. The number of pyridine rings is 1. The van der Waals surface area contributed by atoms with E-state index >= 15 is 0 Å². The fourth-order valence-corrected chi connectivity index (χ4v) is 3.07. The van der Waals surface area contributed by atoms with Gasteiger partial charge in [0, 0.05) is 6.20 Å². The smallest absolute Gasteiger partial charge is 0.0805 e. The molecule has 0 saturated heterocycles. The highest BCUT2D eigenvalue weighted by Gasteiger charge is 2.19. The summed E-state index contributed by atoms with van der Waals surface area (Å²) in [6.07, 6.45) is 1.62. The van der Waals surface area contributed by atoms with Crippen LogP contribution >= 0.6 is 23.2 Å². The Hall–Kier alpha value is -1.61. The van der Waals surface area contributed by atoms with Crippen molar-refractivity contribution in [1.29, 1.82) is 0 Å². The Morgan fingerprint density at radius 1 is 1.05 bits per heavy atom. The topological polar surface area (TPSA) is 24.9 Å². The largest absolute Gasteiger partial charge is 0.308 e. The van der Waals surface area contributed by atoms with Crippen molar-refractivity contribution in [3.8, 4) is 0 Å². The maximum absolute atomic E-state index is 6.32. The summed E-state index contributed by atoms with van der Waals surface area (Å²) < 4.78 is 0. The van der Waals surface area contributed by atoms with Gasteiger partial charge in [0.05, 0.1) is 21.8 Å². The van der Waals surface area contributed by atoms with Gasteiger partial charge in [0.15, 0.2) is 0 Å². The molecule has 106 valence electrons. The minimum absolute atomic E-state index is 0.0825. The summed E-state index contributed by atoms with van der Waals surface area (Å²) in [5.41, 5.74) is 1.92. The van der Waals surface area contributed by atoms with E-state index in [9.17, 15) is 0 Å². The number of nitrogens with zero attached hydrogens (tertiary/aromatic N) is 1. The Bertz CT molecular complexity index is 781. The van der Waals surface area contributed by atoms with Crippen LogP contribution in [0.3, 0.4) is 0 Å². The molecule has 0 amide bonds. The third-order valence-corrected chi connectivity index (χ3v) is 4.04. The van der Waals surface area contributed by atoms with Crippen LogP contribution < -0.4 is 5.32 Å². The van der Waals surface area contributed by atoms with Crippen molar-refractivity contribution < 1.29 is 0 Å². The highest BCUT2D eigenvalue weighted by molar-refractivity contribution is 6.34. The third kappa shape index (κ3) is 2.75. The van der Waals surface area contributed by atoms with Gasteiger partial charge in [0.25, 0.3) is 0 Å². The Balaban J connectivity index is 2.18. The number of nitrogens with one attached hydrogen (secondary N) is 1. The van der Waals surface area contributed by atoms with Crippen LogP contribution in [0.4, 0.5) is 0 Å². The molecular formula is C17H14Cl2N2. The van der Waals surface area contributed by atoms with Gasteiger partial charge in [-0.3, -0.25) is 4.98 Å². The molecule has 1 atom stereocenters. The van der Waals surface area contributed by atoms with Crippen LogP contribution in [0.5, 0.6) is 0 Å². The molecule has 0 aliphatic rings. The van der Waals surface area contributed by atoms with Gasteiger partial charge in [-0.05, 0) is 29.4 Å². The molecule has 0 spiro atoms. The van der Waals surface area contributed by atoms with E-state index < -0.39 is 0 Å². The first-order valence-electron chi connectivity index (χ1n) is 6.66. The first kappa shape index (κ1) is 14.3. The Morgan fingerprint density at radius 3 is 2.57 bits per heavy atom. The molecule has 0 saturated carbocycles. The van der Waals surface area contributed by atoms with Crippen molar-refractivity contribution in [2.45, 2.75) is 6.04 Å². The summed E-state index contributed by atoms with van der Waals surface area (Å²) in [5.74, 6) is 0. The molecule has 0 aliphatic carbocycles. The zero-order valence-electron chi connectivity index (χ0n) is 11.5. The normalized spacial score (nSPS) is 12.5. The molecule has 4 heteroatoms. The van der Waals surface area contributed by atoms with Crippen molar-refractivity contribution in [2.75, 3.05) is 7.05 Å². The molecule has 1 unspecified atom stereocenters. The molecule has 1 N–H and O–H groups in total. The maximum Gasteiger partial charge on any atom is 0.0805 e. The van der Waals surface area contributed by atoms with E-state index in [1.165, 1.54) is 10.8 Å². The van der Waals surface area contributed by atoms with Gasteiger partial charge in [-0.25, -0.2) is 0 Å². The van der Waals surface area contributed by atoms with Gasteiger partial charge in [-0.2, -0.15) is 0 Å². The standard InChI is InChI=1S/C17H14Cl2N2/c1-20-16(17-15(19)9-12(18)10-21-17)14-8-4-6-11-5-2-3-7-13(11)14/h2-10,16,20H,1H3. The number of hydrogen-bond acceptors (Lipinski definition) is 2. The Labute approximate surface area is 133 Å². The number of fused-ring (bicyclic) bond motifs is 1. The minimum atomic E-state index is -0.0825. The van der Waals surface area contributed by atoms with E-state index in [0.717, 1.165) is 11.3 Å². The van der Waals surface area contributed by atoms with Crippen molar-refractivity contribution in [3.05, 3.63) is 76.0 Å². The summed E-state index contributed by atoms with van der Waals surface area (Å²) in [6.45, 7) is 0. The number of rotatable bonds is 3. The number of benzene rings is 2. The van der Waals surface area contributed by atoms with Crippen molar-refractivity contribution in [3.63, 3.8) is 0 Å². The van der Waals surface area contributed by atoms with Gasteiger partial charge in [-0.15, -0.1) is 0 Å². The molecule has 0 radical (unpaired) electrons. The van der Waals surface area contributed by atoms with Gasteiger partial charge in [0.1, 0.15) is 0 Å². The van der Waals surface area contributed by atoms with Crippen LogP contribution in [-0.4, -0.2) is 12.0 Å². The lowest BCUT2D eigenvalue weighted by Gasteiger charge is -2.19.